The quantitative estimate of drug-likeness (QED) is 0.226. The molecule has 6 N–H and O–H groups in total. The fourth-order valence-corrected chi connectivity index (χ4v) is 2.95. The molecule has 0 rings (SSSR count). The molecule has 0 aliphatic rings. The minimum atomic E-state index is -1.32. The highest BCUT2D eigenvalue weighted by Gasteiger charge is 2.29. The van der Waals surface area contributed by atoms with Crippen LogP contribution in [0.4, 0.5) is 0 Å². The van der Waals surface area contributed by atoms with E-state index in [4.69, 9.17) is 14.9 Å². The van der Waals surface area contributed by atoms with E-state index in [0.29, 0.717) is 0 Å². The van der Waals surface area contributed by atoms with Gasteiger partial charge in [0.2, 0.25) is 5.91 Å². The van der Waals surface area contributed by atoms with Crippen molar-refractivity contribution in [3.05, 3.63) is 0 Å². The van der Waals surface area contributed by atoms with Crippen LogP contribution in [0.15, 0.2) is 0 Å². The molecule has 0 saturated carbocycles. The monoisotopic (exact) mass is 369 g/mol. The summed E-state index contributed by atoms with van der Waals surface area (Å²) in [4.78, 5) is 22.1. The highest BCUT2D eigenvalue weighted by atomic mass is 32.2. The first-order valence-electron chi connectivity index (χ1n) is 7.50. The fourth-order valence-electron chi connectivity index (χ4n) is 1.81. The lowest BCUT2D eigenvalue weighted by atomic mass is 10.1. The molecule has 0 radical (unpaired) electrons. The lowest BCUT2D eigenvalue weighted by Gasteiger charge is -2.30. The standard InChI is InChI=1S/C14H27NO8S/c1-7(17)4-12(8(2)18)23-14(11(20)5-16)24-6-10(13(21)22)15-9(3)19/h7-8,10-12,14,16-18,20H,4-6H2,1-3H3,(H,15,19)(H,21,22)/t7-,8-,10+,11+,12?,14?/m1/s1. The van der Waals surface area contributed by atoms with Gasteiger partial charge in [-0.3, -0.25) is 4.79 Å². The van der Waals surface area contributed by atoms with E-state index >= 15 is 0 Å². The molecule has 10 heteroatoms. The van der Waals surface area contributed by atoms with Gasteiger partial charge in [-0.15, -0.1) is 11.8 Å². The van der Waals surface area contributed by atoms with Crippen molar-refractivity contribution in [1.29, 1.82) is 0 Å². The topological polar surface area (TPSA) is 157 Å². The molecule has 6 atom stereocenters. The summed E-state index contributed by atoms with van der Waals surface area (Å²) in [6.07, 6.45) is -3.74. The molecule has 0 aliphatic carbocycles. The van der Waals surface area contributed by atoms with Gasteiger partial charge >= 0.3 is 5.97 Å². The Bertz CT molecular complexity index is 393. The number of carboxylic acids is 1. The molecule has 24 heavy (non-hydrogen) atoms. The third-order valence-electron chi connectivity index (χ3n) is 3.02. The van der Waals surface area contributed by atoms with Crippen molar-refractivity contribution in [2.45, 2.75) is 63.1 Å². The van der Waals surface area contributed by atoms with Crippen LogP contribution >= 0.6 is 11.8 Å². The molecule has 9 nitrogen and oxygen atoms in total. The zero-order valence-corrected chi connectivity index (χ0v) is 14.8. The molecule has 0 aromatic carbocycles. The third kappa shape index (κ3) is 9.40. The third-order valence-corrected chi connectivity index (χ3v) is 4.30. The van der Waals surface area contributed by atoms with Crippen molar-refractivity contribution in [3.63, 3.8) is 0 Å². The van der Waals surface area contributed by atoms with E-state index in [9.17, 15) is 24.9 Å². The average Bonchev–Trinajstić information content (AvgIpc) is 2.46. The summed E-state index contributed by atoms with van der Waals surface area (Å²) >= 11 is 0.885. The van der Waals surface area contributed by atoms with E-state index in [-0.39, 0.29) is 12.2 Å². The number of carboxylic acid groups (broad SMARTS) is 1. The minimum absolute atomic E-state index is 0.0981. The van der Waals surface area contributed by atoms with Crippen LogP contribution in [0.3, 0.4) is 0 Å². The summed E-state index contributed by atoms with van der Waals surface area (Å²) in [6, 6.07) is -1.19. The summed E-state index contributed by atoms with van der Waals surface area (Å²) in [5.74, 6) is -1.87. The van der Waals surface area contributed by atoms with Crippen LogP contribution in [-0.2, 0) is 14.3 Å². The lowest BCUT2D eigenvalue weighted by Crippen LogP contribution is -2.44. The molecule has 0 aromatic rings. The van der Waals surface area contributed by atoms with Gasteiger partial charge < -0.3 is 35.6 Å². The summed E-state index contributed by atoms with van der Waals surface area (Å²) in [5, 5.41) is 49.4. The van der Waals surface area contributed by atoms with E-state index < -0.39 is 54.4 Å². The average molecular weight is 369 g/mol. The number of amides is 1. The molecule has 142 valence electrons. The smallest absolute Gasteiger partial charge is 0.327 e. The number of carbonyl (C=O) groups is 2. The molecule has 0 saturated heterocycles. The first-order valence-corrected chi connectivity index (χ1v) is 8.55. The van der Waals surface area contributed by atoms with Gasteiger partial charge in [0.05, 0.1) is 24.9 Å². The maximum absolute atomic E-state index is 11.1. The second-order valence-electron chi connectivity index (χ2n) is 5.54. The largest absolute Gasteiger partial charge is 0.480 e. The summed E-state index contributed by atoms with van der Waals surface area (Å²) in [6.45, 7) is 3.53. The van der Waals surface area contributed by atoms with E-state index in [1.54, 1.807) is 0 Å². The Hall–Kier alpha value is -0.910. The van der Waals surface area contributed by atoms with Crippen LogP contribution in [-0.4, -0.2) is 85.7 Å². The van der Waals surface area contributed by atoms with Crippen LogP contribution in [0, 0.1) is 0 Å². The second-order valence-corrected chi connectivity index (χ2v) is 6.67. The van der Waals surface area contributed by atoms with E-state index in [0.717, 1.165) is 11.8 Å². The van der Waals surface area contributed by atoms with E-state index in [1.807, 2.05) is 0 Å². The summed E-state index contributed by atoms with van der Waals surface area (Å²) in [7, 11) is 0. The van der Waals surface area contributed by atoms with Crippen molar-refractivity contribution in [2.75, 3.05) is 12.4 Å². The number of aliphatic carboxylic acids is 1. The first kappa shape index (κ1) is 23.1. The maximum Gasteiger partial charge on any atom is 0.327 e. The highest BCUT2D eigenvalue weighted by Crippen LogP contribution is 2.22. The minimum Gasteiger partial charge on any atom is -0.480 e. The normalized spacial score (nSPS) is 19.0. The van der Waals surface area contributed by atoms with E-state index in [2.05, 4.69) is 5.32 Å². The van der Waals surface area contributed by atoms with Gasteiger partial charge in [0, 0.05) is 19.1 Å². The summed E-state index contributed by atoms with van der Waals surface area (Å²) < 4.78 is 5.55. The fraction of sp³-hybridized carbons (Fsp3) is 0.857. The predicted octanol–water partition coefficient (Wildman–Crippen LogP) is -1.47. The molecular weight excluding hydrogens is 342 g/mol. The van der Waals surface area contributed by atoms with Crippen molar-refractivity contribution >= 4 is 23.6 Å². The van der Waals surface area contributed by atoms with Crippen LogP contribution in [0.2, 0.25) is 0 Å². The Balaban J connectivity index is 4.92. The molecule has 0 spiro atoms. The number of hydrogen-bond donors (Lipinski definition) is 6. The Morgan fingerprint density at radius 1 is 1.21 bits per heavy atom. The van der Waals surface area contributed by atoms with Gasteiger partial charge in [0.15, 0.2) is 0 Å². The second kappa shape index (κ2) is 11.6. The molecule has 0 bridgehead atoms. The molecule has 0 aliphatic heterocycles. The van der Waals surface area contributed by atoms with Crippen LogP contribution in [0.1, 0.15) is 27.2 Å². The molecule has 1 amide bonds. The van der Waals surface area contributed by atoms with Crippen molar-refractivity contribution in [1.82, 2.24) is 5.32 Å². The first-order chi connectivity index (χ1) is 11.1. The number of carbonyl (C=O) groups excluding carboxylic acids is 1. The Kier molecular flexibility index (Phi) is 11.2. The van der Waals surface area contributed by atoms with E-state index in [1.165, 1.54) is 20.8 Å². The van der Waals surface area contributed by atoms with Crippen LogP contribution < -0.4 is 5.32 Å². The Morgan fingerprint density at radius 3 is 2.17 bits per heavy atom. The van der Waals surface area contributed by atoms with Crippen molar-refractivity contribution < 1.29 is 39.9 Å². The number of rotatable bonds is 12. The lowest BCUT2D eigenvalue weighted by molar-refractivity contribution is -0.140. The zero-order chi connectivity index (χ0) is 18.9. The maximum atomic E-state index is 11.1. The number of thioether (sulfide) groups is 1. The molecule has 0 aromatic heterocycles. The Labute approximate surface area is 145 Å². The number of ether oxygens (including phenoxy) is 1. The van der Waals surface area contributed by atoms with Crippen LogP contribution in [0.5, 0.6) is 0 Å². The van der Waals surface area contributed by atoms with Gasteiger partial charge in [-0.05, 0) is 13.8 Å². The predicted molar refractivity (Wildman–Crippen MR) is 87.4 cm³/mol. The number of hydrogen-bond acceptors (Lipinski definition) is 8. The highest BCUT2D eigenvalue weighted by molar-refractivity contribution is 7.99. The number of aliphatic hydroxyl groups excluding tert-OH is 4. The van der Waals surface area contributed by atoms with Gasteiger partial charge in [0.25, 0.3) is 0 Å². The molecule has 2 unspecified atom stereocenters. The summed E-state index contributed by atoms with van der Waals surface area (Å²) in [5.41, 5.74) is -1.04. The number of nitrogens with one attached hydrogen (secondary N) is 1. The SMILES string of the molecule is CC(=O)N[C@@H](CSC(OC(C[C@@H](C)O)[C@@H](C)O)[C@@H](O)CO)C(=O)O. The van der Waals surface area contributed by atoms with Crippen LogP contribution in [0.25, 0.3) is 0 Å². The molecule has 0 heterocycles. The van der Waals surface area contributed by atoms with Crippen molar-refractivity contribution in [3.8, 4) is 0 Å². The van der Waals surface area contributed by atoms with Gasteiger partial charge in [-0.25, -0.2) is 4.79 Å². The molecule has 0 fully saturated rings. The Morgan fingerprint density at radius 2 is 1.79 bits per heavy atom. The van der Waals surface area contributed by atoms with Gasteiger partial charge in [-0.1, -0.05) is 0 Å². The van der Waals surface area contributed by atoms with Gasteiger partial charge in [0.1, 0.15) is 17.6 Å². The number of aliphatic hydroxyl groups is 4. The zero-order valence-electron chi connectivity index (χ0n) is 14.0. The van der Waals surface area contributed by atoms with Crippen molar-refractivity contribution in [2.24, 2.45) is 0 Å². The van der Waals surface area contributed by atoms with Gasteiger partial charge in [-0.2, -0.15) is 0 Å². The molecular formula is C14H27NO8S.